The summed E-state index contributed by atoms with van der Waals surface area (Å²) in [7, 11) is 0. The van der Waals surface area contributed by atoms with Crippen molar-refractivity contribution in [1.82, 2.24) is 29.8 Å². The number of pyridine rings is 1. The number of alkyl halides is 3. The average Bonchev–Trinajstić information content (AvgIpc) is 3.41. The minimum Gasteiger partial charge on any atom is -0.340 e. The molecule has 31 heavy (non-hydrogen) atoms. The molecule has 0 saturated carbocycles. The van der Waals surface area contributed by atoms with E-state index in [0.717, 1.165) is 6.07 Å². The lowest BCUT2D eigenvalue weighted by Crippen LogP contribution is -2.42. The minimum atomic E-state index is -4.57. The monoisotopic (exact) mass is 436 g/mol. The maximum atomic E-state index is 13.9. The summed E-state index contributed by atoms with van der Waals surface area (Å²) in [4.78, 5) is 22.7. The van der Waals surface area contributed by atoms with Gasteiger partial charge in [0.2, 0.25) is 5.91 Å². The molecule has 3 aromatic rings. The second-order valence-electron chi connectivity index (χ2n) is 8.17. The summed E-state index contributed by atoms with van der Waals surface area (Å²) in [6, 6.07) is 0.517. The van der Waals surface area contributed by atoms with E-state index in [1.165, 1.54) is 17.3 Å². The second-order valence-corrected chi connectivity index (χ2v) is 8.17. The maximum absolute atomic E-state index is 13.9. The highest BCUT2D eigenvalue weighted by Gasteiger charge is 2.39. The molecule has 3 aromatic heterocycles. The lowest BCUT2D eigenvalue weighted by atomic mass is 9.91. The van der Waals surface area contributed by atoms with Gasteiger partial charge in [0.25, 0.3) is 5.71 Å². The quantitative estimate of drug-likeness (QED) is 0.616. The molecular weight excluding hydrogens is 413 g/mol. The smallest absolute Gasteiger partial charge is 0.340 e. The number of hydrogen-bond donors (Lipinski definition) is 0. The Morgan fingerprint density at radius 1 is 1.29 bits per heavy atom. The molecule has 0 spiro atoms. The van der Waals surface area contributed by atoms with Crippen LogP contribution in [0.2, 0.25) is 0 Å². The zero-order valence-electron chi connectivity index (χ0n) is 17.4. The van der Waals surface area contributed by atoms with Crippen LogP contribution < -0.4 is 0 Å². The Balaban J connectivity index is 1.68. The first kappa shape index (κ1) is 21.3. The van der Waals surface area contributed by atoms with E-state index in [0.29, 0.717) is 25.1 Å². The van der Waals surface area contributed by atoms with E-state index in [2.05, 4.69) is 20.2 Å². The van der Waals surface area contributed by atoms with Crippen molar-refractivity contribution < 1.29 is 22.5 Å². The first-order valence-corrected chi connectivity index (χ1v) is 10.2. The van der Waals surface area contributed by atoms with Crippen LogP contribution in [-0.4, -0.2) is 48.8 Å². The maximum Gasteiger partial charge on any atom is 0.417 e. The number of aromatic nitrogens is 5. The van der Waals surface area contributed by atoms with Gasteiger partial charge in [0, 0.05) is 24.7 Å². The van der Waals surface area contributed by atoms with Gasteiger partial charge in [0.1, 0.15) is 18.7 Å². The van der Waals surface area contributed by atoms with Gasteiger partial charge in [-0.2, -0.15) is 18.3 Å². The predicted molar refractivity (Wildman–Crippen MR) is 104 cm³/mol. The number of carbonyl (C=O) groups is 1. The molecule has 2 unspecified atom stereocenters. The Labute approximate surface area is 176 Å². The van der Waals surface area contributed by atoms with Crippen molar-refractivity contribution in [2.24, 2.45) is 0 Å². The van der Waals surface area contributed by atoms with Gasteiger partial charge in [-0.15, -0.1) is 0 Å². The van der Waals surface area contributed by atoms with Crippen LogP contribution in [0.4, 0.5) is 13.2 Å². The Bertz CT molecular complexity index is 1080. The number of fused-ring (bicyclic) bond motifs is 1. The number of carbonyl (C=O) groups excluding carboxylic acids is 1. The van der Waals surface area contributed by atoms with Gasteiger partial charge in [-0.3, -0.25) is 4.79 Å². The fourth-order valence-corrected chi connectivity index (χ4v) is 3.99. The highest BCUT2D eigenvalue weighted by molar-refractivity contribution is 5.83. The molecule has 11 heteroatoms. The number of rotatable bonds is 4. The van der Waals surface area contributed by atoms with Crippen LogP contribution >= 0.6 is 0 Å². The molecule has 0 aromatic carbocycles. The summed E-state index contributed by atoms with van der Waals surface area (Å²) in [6.45, 7) is 6.03. The average molecular weight is 436 g/mol. The van der Waals surface area contributed by atoms with Crippen LogP contribution in [0.1, 0.15) is 68.4 Å². The molecule has 1 aliphatic heterocycles. The molecule has 1 saturated heterocycles. The second kappa shape index (κ2) is 7.93. The molecule has 8 nitrogen and oxygen atoms in total. The van der Waals surface area contributed by atoms with Gasteiger partial charge in [-0.25, -0.2) is 14.6 Å². The minimum absolute atomic E-state index is 0.111. The molecule has 4 rings (SSSR count). The Morgan fingerprint density at radius 2 is 2.06 bits per heavy atom. The van der Waals surface area contributed by atoms with Crippen LogP contribution in [0.25, 0.3) is 11.1 Å². The highest BCUT2D eigenvalue weighted by Crippen LogP contribution is 2.40. The van der Waals surface area contributed by atoms with E-state index in [4.69, 9.17) is 4.52 Å². The molecule has 0 radical (unpaired) electrons. The summed E-state index contributed by atoms with van der Waals surface area (Å²) in [5, 5.41) is 7.87. The number of hydrogen-bond acceptors (Lipinski definition) is 6. The van der Waals surface area contributed by atoms with E-state index < -0.39 is 17.8 Å². The van der Waals surface area contributed by atoms with E-state index in [-0.39, 0.29) is 41.1 Å². The first-order chi connectivity index (χ1) is 14.7. The van der Waals surface area contributed by atoms with Gasteiger partial charge < -0.3 is 9.42 Å². The largest absolute Gasteiger partial charge is 0.417 e. The van der Waals surface area contributed by atoms with E-state index in [9.17, 15) is 18.0 Å². The van der Waals surface area contributed by atoms with Crippen molar-refractivity contribution in [1.29, 1.82) is 0 Å². The molecule has 166 valence electrons. The van der Waals surface area contributed by atoms with Crippen molar-refractivity contribution >= 4 is 17.0 Å². The normalized spacial score (nSPS) is 18.7. The summed E-state index contributed by atoms with van der Waals surface area (Å²) >= 11 is 0. The van der Waals surface area contributed by atoms with Gasteiger partial charge in [-0.1, -0.05) is 19.0 Å². The molecule has 1 amide bonds. The Hall–Kier alpha value is -2.98. The van der Waals surface area contributed by atoms with Crippen LogP contribution in [0.15, 0.2) is 23.2 Å². The van der Waals surface area contributed by atoms with Crippen LogP contribution in [0, 0.1) is 0 Å². The van der Waals surface area contributed by atoms with Crippen molar-refractivity contribution in [3.8, 4) is 0 Å². The van der Waals surface area contributed by atoms with Crippen molar-refractivity contribution in [3.63, 3.8) is 0 Å². The molecule has 2 atom stereocenters. The van der Waals surface area contributed by atoms with Gasteiger partial charge in [0.05, 0.1) is 16.6 Å². The molecule has 1 aliphatic rings. The van der Waals surface area contributed by atoms with Crippen molar-refractivity contribution in [2.45, 2.75) is 57.7 Å². The molecule has 4 heterocycles. The predicted octanol–water partition coefficient (Wildman–Crippen LogP) is 3.92. The summed E-state index contributed by atoms with van der Waals surface area (Å²) in [5.41, 5.74) is -0.412. The lowest BCUT2D eigenvalue weighted by Gasteiger charge is -2.33. The Morgan fingerprint density at radius 3 is 2.71 bits per heavy atom. The number of halogens is 3. The standard InChI is InChI=1S/C20H23F3N6O2/c1-11(2)15-7-14(20(21,22)23)16-17(27-31-18(16)26-15)13-5-4-6-28(8-13)19(30)12(3)29-10-24-9-25-29/h7,9-13H,4-6,8H2,1-3H3. The molecule has 0 bridgehead atoms. The molecule has 1 fully saturated rings. The van der Waals surface area contributed by atoms with Gasteiger partial charge in [-0.05, 0) is 31.7 Å². The fraction of sp³-hybridized carbons (Fsp3) is 0.550. The SMILES string of the molecule is CC(C)c1cc(C(F)(F)F)c2c(C3CCCN(C(=O)C(C)n4cncn4)C3)noc2n1. The lowest BCUT2D eigenvalue weighted by molar-refractivity contribution is -0.137. The topological polar surface area (TPSA) is 89.9 Å². The molecule has 0 aliphatic carbocycles. The fourth-order valence-electron chi connectivity index (χ4n) is 3.99. The Kier molecular flexibility index (Phi) is 5.44. The van der Waals surface area contributed by atoms with E-state index in [1.54, 1.807) is 25.7 Å². The number of piperidine rings is 1. The molecular formula is C20H23F3N6O2. The van der Waals surface area contributed by atoms with E-state index in [1.807, 2.05) is 0 Å². The molecule has 0 N–H and O–H groups in total. The van der Waals surface area contributed by atoms with Crippen LogP contribution in [0.3, 0.4) is 0 Å². The summed E-state index contributed by atoms with van der Waals surface area (Å²) in [6.07, 6.45) is -0.513. The van der Waals surface area contributed by atoms with Gasteiger partial charge in [0.15, 0.2) is 0 Å². The first-order valence-electron chi connectivity index (χ1n) is 10.2. The number of amides is 1. The van der Waals surface area contributed by atoms with E-state index >= 15 is 0 Å². The van der Waals surface area contributed by atoms with Gasteiger partial charge >= 0.3 is 6.18 Å². The number of likely N-dealkylation sites (tertiary alicyclic amines) is 1. The van der Waals surface area contributed by atoms with Crippen molar-refractivity contribution in [3.05, 3.63) is 35.7 Å². The number of nitrogens with zero attached hydrogens (tertiary/aromatic N) is 6. The van der Waals surface area contributed by atoms with Crippen LogP contribution in [0.5, 0.6) is 0 Å². The highest BCUT2D eigenvalue weighted by atomic mass is 19.4. The zero-order chi connectivity index (χ0) is 22.3. The van der Waals surface area contributed by atoms with Crippen molar-refractivity contribution in [2.75, 3.05) is 13.1 Å². The third-order valence-corrected chi connectivity index (χ3v) is 5.70. The summed E-state index contributed by atoms with van der Waals surface area (Å²) in [5.74, 6) is -0.742. The third-order valence-electron chi connectivity index (χ3n) is 5.70. The third kappa shape index (κ3) is 4.00. The van der Waals surface area contributed by atoms with Crippen LogP contribution in [-0.2, 0) is 11.0 Å². The summed E-state index contributed by atoms with van der Waals surface area (Å²) < 4.78 is 48.3. The zero-order valence-corrected chi connectivity index (χ0v) is 17.4.